The van der Waals surface area contributed by atoms with Gasteiger partial charge in [-0.05, 0) is 37.1 Å². The van der Waals surface area contributed by atoms with E-state index in [2.05, 4.69) is 25.9 Å². The van der Waals surface area contributed by atoms with Gasteiger partial charge in [0.1, 0.15) is 11.4 Å². The number of fused-ring (bicyclic) bond motifs is 1. The van der Waals surface area contributed by atoms with E-state index in [1.807, 2.05) is 0 Å². The molecule has 0 saturated carbocycles. The average Bonchev–Trinajstić information content (AvgIpc) is 2.93. The van der Waals surface area contributed by atoms with E-state index < -0.39 is 11.7 Å². The summed E-state index contributed by atoms with van der Waals surface area (Å²) in [6.07, 6.45) is -3.09. The maximum absolute atomic E-state index is 13.2. The van der Waals surface area contributed by atoms with Crippen molar-refractivity contribution >= 4 is 29.0 Å². The van der Waals surface area contributed by atoms with Crippen molar-refractivity contribution in [3.63, 3.8) is 0 Å². The Morgan fingerprint density at radius 1 is 1.37 bits per heavy atom. The van der Waals surface area contributed by atoms with Crippen molar-refractivity contribution in [1.29, 1.82) is 0 Å². The molecule has 3 rings (SSSR count). The number of nitrogens with two attached hydrogens (primary N) is 1. The Balaban J connectivity index is 1.81. The number of aromatic nitrogens is 2. The van der Waals surface area contributed by atoms with Gasteiger partial charge >= 0.3 is 6.18 Å². The molecule has 0 radical (unpaired) electrons. The van der Waals surface area contributed by atoms with Crippen LogP contribution in [0.2, 0.25) is 0 Å². The number of halogens is 3. The second-order valence-corrected chi connectivity index (χ2v) is 6.37. The van der Waals surface area contributed by atoms with Gasteiger partial charge in [-0.15, -0.1) is 0 Å². The molecule has 1 aromatic heterocycles. The van der Waals surface area contributed by atoms with E-state index in [0.29, 0.717) is 12.1 Å². The number of anilines is 4. The number of nitrogens with zero attached hydrogens (tertiary/aromatic N) is 2. The lowest BCUT2D eigenvalue weighted by atomic mass is 10.1. The van der Waals surface area contributed by atoms with Gasteiger partial charge in [-0.3, -0.25) is 4.79 Å². The summed E-state index contributed by atoms with van der Waals surface area (Å²) in [5.74, 6) is -0.393. The number of benzene rings is 1. The highest BCUT2D eigenvalue weighted by Crippen LogP contribution is 2.34. The Labute approximate surface area is 153 Å². The third-order valence-corrected chi connectivity index (χ3v) is 3.97. The summed E-state index contributed by atoms with van der Waals surface area (Å²) in [7, 11) is 0. The van der Waals surface area contributed by atoms with Gasteiger partial charge in [0.2, 0.25) is 11.9 Å². The standard InChI is InChI=1S/C17H19F3N6O/c1-9(21)4-5-22-15-12(17(18,19)20)8-23-16(26-15)24-11-2-3-13-10(6-11)7-14(27)25-13/h2-3,6,8-9H,4-5,7,21H2,1H3,(H,25,27)(H2,22,23,24,26). The smallest absolute Gasteiger partial charge is 0.369 e. The van der Waals surface area contributed by atoms with Crippen molar-refractivity contribution in [2.24, 2.45) is 5.73 Å². The van der Waals surface area contributed by atoms with Crippen LogP contribution in [0.15, 0.2) is 24.4 Å². The highest BCUT2D eigenvalue weighted by Gasteiger charge is 2.35. The second kappa shape index (κ2) is 7.39. The molecule has 1 atom stereocenters. The van der Waals surface area contributed by atoms with Gasteiger partial charge in [0, 0.05) is 30.2 Å². The number of nitrogens with one attached hydrogen (secondary N) is 3. The van der Waals surface area contributed by atoms with Crippen LogP contribution >= 0.6 is 0 Å². The number of hydrogen-bond acceptors (Lipinski definition) is 6. The molecular formula is C17H19F3N6O. The van der Waals surface area contributed by atoms with Crippen LogP contribution in [0.3, 0.4) is 0 Å². The highest BCUT2D eigenvalue weighted by molar-refractivity contribution is 5.99. The van der Waals surface area contributed by atoms with E-state index in [1.165, 1.54) is 0 Å². The molecule has 1 unspecified atom stereocenters. The van der Waals surface area contributed by atoms with E-state index in [9.17, 15) is 18.0 Å². The van der Waals surface area contributed by atoms with Gasteiger partial charge in [0.05, 0.1) is 6.42 Å². The van der Waals surface area contributed by atoms with E-state index in [4.69, 9.17) is 5.73 Å². The van der Waals surface area contributed by atoms with E-state index in [-0.39, 0.29) is 36.7 Å². The van der Waals surface area contributed by atoms with Crippen LogP contribution in [0.1, 0.15) is 24.5 Å². The average molecular weight is 380 g/mol. The number of carbonyl (C=O) groups excluding carboxylic acids is 1. The summed E-state index contributed by atoms with van der Waals surface area (Å²) < 4.78 is 39.5. The third-order valence-electron chi connectivity index (χ3n) is 3.97. The zero-order valence-electron chi connectivity index (χ0n) is 14.5. The summed E-state index contributed by atoms with van der Waals surface area (Å²) >= 11 is 0. The van der Waals surface area contributed by atoms with Crippen molar-refractivity contribution in [2.75, 3.05) is 22.5 Å². The fourth-order valence-electron chi connectivity index (χ4n) is 2.64. The van der Waals surface area contributed by atoms with Gasteiger partial charge in [-0.1, -0.05) is 0 Å². The maximum atomic E-state index is 13.2. The molecule has 10 heteroatoms. The molecule has 2 heterocycles. The third kappa shape index (κ3) is 4.64. The molecule has 27 heavy (non-hydrogen) atoms. The zero-order valence-corrected chi connectivity index (χ0v) is 14.5. The van der Waals surface area contributed by atoms with Crippen LogP contribution in [-0.4, -0.2) is 28.5 Å². The summed E-state index contributed by atoms with van der Waals surface area (Å²) in [6.45, 7) is 2.02. The largest absolute Gasteiger partial charge is 0.421 e. The first-order valence-corrected chi connectivity index (χ1v) is 8.36. The molecule has 1 aromatic carbocycles. The predicted molar refractivity (Wildman–Crippen MR) is 95.8 cm³/mol. The second-order valence-electron chi connectivity index (χ2n) is 6.37. The molecule has 0 spiro atoms. The lowest BCUT2D eigenvalue weighted by Crippen LogP contribution is -2.21. The highest BCUT2D eigenvalue weighted by atomic mass is 19.4. The predicted octanol–water partition coefficient (Wildman–Crippen LogP) is 2.88. The van der Waals surface area contributed by atoms with E-state index in [1.54, 1.807) is 25.1 Å². The SMILES string of the molecule is CC(N)CCNc1nc(Nc2ccc3c(c2)CC(=O)N3)ncc1C(F)(F)F. The quantitative estimate of drug-likeness (QED) is 0.614. The fraction of sp³-hybridized carbons (Fsp3) is 0.353. The summed E-state index contributed by atoms with van der Waals surface area (Å²) in [4.78, 5) is 19.1. The summed E-state index contributed by atoms with van der Waals surface area (Å²) in [5, 5.41) is 8.26. The van der Waals surface area contributed by atoms with Crippen LogP contribution in [0, 0.1) is 0 Å². The Morgan fingerprint density at radius 3 is 2.85 bits per heavy atom. The molecule has 1 aliphatic heterocycles. The molecule has 0 bridgehead atoms. The first-order chi connectivity index (χ1) is 12.7. The molecule has 1 aliphatic rings. The number of alkyl halides is 3. The number of amides is 1. The molecule has 7 nitrogen and oxygen atoms in total. The van der Waals surface area contributed by atoms with Gasteiger partial charge in [-0.2, -0.15) is 18.2 Å². The normalized spacial score (nSPS) is 14.5. The van der Waals surface area contributed by atoms with Crippen LogP contribution in [0.5, 0.6) is 0 Å². The minimum Gasteiger partial charge on any atom is -0.369 e. The number of rotatable bonds is 6. The van der Waals surface area contributed by atoms with Crippen molar-refractivity contribution in [1.82, 2.24) is 9.97 Å². The molecular weight excluding hydrogens is 361 g/mol. The molecule has 144 valence electrons. The maximum Gasteiger partial charge on any atom is 0.421 e. The van der Waals surface area contributed by atoms with Crippen molar-refractivity contribution < 1.29 is 18.0 Å². The van der Waals surface area contributed by atoms with Gasteiger partial charge in [-0.25, -0.2) is 4.98 Å². The molecule has 0 saturated heterocycles. The van der Waals surface area contributed by atoms with E-state index >= 15 is 0 Å². The summed E-state index contributed by atoms with van der Waals surface area (Å²) in [6, 6.07) is 5.00. The van der Waals surface area contributed by atoms with E-state index in [0.717, 1.165) is 17.4 Å². The van der Waals surface area contributed by atoms with Crippen LogP contribution in [-0.2, 0) is 17.4 Å². The molecule has 1 amide bonds. The van der Waals surface area contributed by atoms with Gasteiger partial charge in [0.25, 0.3) is 0 Å². The fourth-order valence-corrected chi connectivity index (χ4v) is 2.64. The molecule has 0 aliphatic carbocycles. The van der Waals surface area contributed by atoms with Crippen molar-refractivity contribution in [2.45, 2.75) is 32.0 Å². The first kappa shape index (κ1) is 18.9. The van der Waals surface area contributed by atoms with Crippen LogP contribution in [0.25, 0.3) is 0 Å². The first-order valence-electron chi connectivity index (χ1n) is 8.36. The lowest BCUT2D eigenvalue weighted by Gasteiger charge is -2.15. The Hall–Kier alpha value is -2.88. The van der Waals surface area contributed by atoms with Crippen LogP contribution in [0.4, 0.5) is 36.3 Å². The Kier molecular flexibility index (Phi) is 5.17. The van der Waals surface area contributed by atoms with Crippen LogP contribution < -0.4 is 21.7 Å². The van der Waals surface area contributed by atoms with Gasteiger partial charge in [0.15, 0.2) is 0 Å². The number of hydrogen-bond donors (Lipinski definition) is 4. The zero-order chi connectivity index (χ0) is 19.6. The monoisotopic (exact) mass is 380 g/mol. The minimum atomic E-state index is -4.57. The number of carbonyl (C=O) groups is 1. The van der Waals surface area contributed by atoms with Crippen molar-refractivity contribution in [3.8, 4) is 0 Å². The van der Waals surface area contributed by atoms with Gasteiger partial charge < -0.3 is 21.7 Å². The van der Waals surface area contributed by atoms with Crippen molar-refractivity contribution in [3.05, 3.63) is 35.5 Å². The molecule has 2 aromatic rings. The Morgan fingerprint density at radius 2 is 2.15 bits per heavy atom. The lowest BCUT2D eigenvalue weighted by molar-refractivity contribution is -0.137. The summed E-state index contributed by atoms with van der Waals surface area (Å²) in [5.41, 5.74) is 6.78. The Bertz CT molecular complexity index is 853. The topological polar surface area (TPSA) is 105 Å². The molecule has 5 N–H and O–H groups in total. The molecule has 0 fully saturated rings. The minimum absolute atomic E-state index is 0.0172.